The minimum Gasteiger partial charge on any atom is -0.395 e. The van der Waals surface area contributed by atoms with E-state index in [0.717, 1.165) is 16.8 Å². The fourth-order valence-electron chi connectivity index (χ4n) is 0.958. The normalized spacial score (nSPS) is 10.1. The molecule has 76 valence electrons. The second-order valence-electron chi connectivity index (χ2n) is 2.53. The summed E-state index contributed by atoms with van der Waals surface area (Å²) in [5.41, 5.74) is -0.588. The first-order valence-electron chi connectivity index (χ1n) is 3.71. The zero-order valence-electron chi connectivity index (χ0n) is 7.01. The Bertz CT molecular complexity index is 415. The Morgan fingerprint density at radius 1 is 1.64 bits per heavy atom. The van der Waals surface area contributed by atoms with Gasteiger partial charge in [-0.1, -0.05) is 0 Å². The summed E-state index contributed by atoms with van der Waals surface area (Å²) in [5.74, 6) is 0. The van der Waals surface area contributed by atoms with Crippen LogP contribution in [-0.4, -0.2) is 21.2 Å². The summed E-state index contributed by atoms with van der Waals surface area (Å²) in [4.78, 5) is 21.1. The van der Waals surface area contributed by atoms with Crippen molar-refractivity contribution >= 4 is 21.6 Å². The molecule has 7 heteroatoms. The van der Waals surface area contributed by atoms with Crippen LogP contribution in [0.15, 0.2) is 21.5 Å². The van der Waals surface area contributed by atoms with E-state index >= 15 is 0 Å². The molecule has 0 spiro atoms. The Labute approximate surface area is 87.1 Å². The van der Waals surface area contributed by atoms with Crippen LogP contribution in [0.5, 0.6) is 0 Å². The monoisotopic (exact) mass is 262 g/mol. The van der Waals surface area contributed by atoms with Crippen LogP contribution in [0.2, 0.25) is 0 Å². The molecule has 1 rings (SSSR count). The average Bonchev–Trinajstić information content (AvgIpc) is 2.12. The summed E-state index contributed by atoms with van der Waals surface area (Å²) in [5, 5.41) is 19.0. The topological polar surface area (TPSA) is 85.4 Å². The van der Waals surface area contributed by atoms with Crippen molar-refractivity contribution in [3.05, 3.63) is 37.2 Å². The molecule has 0 radical (unpaired) electrons. The molecule has 14 heavy (non-hydrogen) atoms. The maximum Gasteiger partial charge on any atom is 0.286 e. The van der Waals surface area contributed by atoms with Gasteiger partial charge in [0.15, 0.2) is 0 Å². The quantitative estimate of drug-likeness (QED) is 0.636. The number of aromatic nitrogens is 1. The van der Waals surface area contributed by atoms with Gasteiger partial charge in [0, 0.05) is 12.6 Å². The molecule has 0 saturated heterocycles. The van der Waals surface area contributed by atoms with Crippen LogP contribution in [0, 0.1) is 10.1 Å². The standard InChI is InChI=1S/C7H7BrN2O4/c8-6-3-5(10(13)14)4-9(1-2-11)7(6)12/h3-4,11H,1-2H2. The molecule has 0 aromatic carbocycles. The lowest BCUT2D eigenvalue weighted by molar-refractivity contribution is -0.385. The summed E-state index contributed by atoms with van der Waals surface area (Å²) >= 11 is 2.92. The van der Waals surface area contributed by atoms with Crippen LogP contribution < -0.4 is 5.56 Å². The van der Waals surface area contributed by atoms with Crippen molar-refractivity contribution in [3.8, 4) is 0 Å². The first-order valence-corrected chi connectivity index (χ1v) is 4.51. The van der Waals surface area contributed by atoms with Crippen LogP contribution in [0.1, 0.15) is 0 Å². The van der Waals surface area contributed by atoms with Gasteiger partial charge in [-0.3, -0.25) is 14.9 Å². The van der Waals surface area contributed by atoms with E-state index in [2.05, 4.69) is 15.9 Å². The van der Waals surface area contributed by atoms with Gasteiger partial charge in [0.2, 0.25) is 0 Å². The summed E-state index contributed by atoms with van der Waals surface area (Å²) in [7, 11) is 0. The van der Waals surface area contributed by atoms with Gasteiger partial charge in [-0.2, -0.15) is 0 Å². The van der Waals surface area contributed by atoms with E-state index in [-0.39, 0.29) is 23.3 Å². The van der Waals surface area contributed by atoms with E-state index in [1.165, 1.54) is 0 Å². The number of aliphatic hydroxyl groups excluding tert-OH is 1. The molecule has 0 saturated carbocycles. The van der Waals surface area contributed by atoms with Gasteiger partial charge < -0.3 is 9.67 Å². The second kappa shape index (κ2) is 4.34. The third kappa shape index (κ3) is 2.18. The number of halogens is 1. The van der Waals surface area contributed by atoms with E-state index in [4.69, 9.17) is 5.11 Å². The number of nitro groups is 1. The number of hydrogen-bond donors (Lipinski definition) is 1. The van der Waals surface area contributed by atoms with Crippen molar-refractivity contribution in [3.63, 3.8) is 0 Å². The molecule has 6 nitrogen and oxygen atoms in total. The highest BCUT2D eigenvalue weighted by atomic mass is 79.9. The molecule has 1 aromatic heterocycles. The van der Waals surface area contributed by atoms with E-state index in [1.807, 2.05) is 0 Å². The van der Waals surface area contributed by atoms with Gasteiger partial charge >= 0.3 is 0 Å². The third-order valence-corrected chi connectivity index (χ3v) is 2.15. The molecule has 0 amide bonds. The van der Waals surface area contributed by atoms with E-state index < -0.39 is 10.5 Å². The van der Waals surface area contributed by atoms with Crippen molar-refractivity contribution in [2.24, 2.45) is 0 Å². The van der Waals surface area contributed by atoms with E-state index in [1.54, 1.807) is 0 Å². The Morgan fingerprint density at radius 3 is 2.79 bits per heavy atom. The predicted octanol–water partition coefficient (Wildman–Crippen LogP) is 0.511. The van der Waals surface area contributed by atoms with Crippen molar-refractivity contribution < 1.29 is 10.0 Å². The average molecular weight is 263 g/mol. The lowest BCUT2D eigenvalue weighted by Crippen LogP contribution is -2.22. The summed E-state index contributed by atoms with van der Waals surface area (Å²) in [6.45, 7) is -0.202. The molecule has 0 bridgehead atoms. The van der Waals surface area contributed by atoms with Gasteiger partial charge in [-0.15, -0.1) is 0 Å². The molecule has 0 unspecified atom stereocenters. The minimum atomic E-state index is -0.599. The van der Waals surface area contributed by atoms with Gasteiger partial charge in [0.25, 0.3) is 11.2 Å². The van der Waals surface area contributed by atoms with Crippen LogP contribution in [0.4, 0.5) is 5.69 Å². The van der Waals surface area contributed by atoms with Crippen LogP contribution in [0.25, 0.3) is 0 Å². The van der Waals surface area contributed by atoms with Crippen molar-refractivity contribution in [2.45, 2.75) is 6.54 Å². The maximum absolute atomic E-state index is 11.3. The highest BCUT2D eigenvalue weighted by Crippen LogP contribution is 2.13. The summed E-state index contributed by atoms with van der Waals surface area (Å²) < 4.78 is 1.20. The molecule has 0 fully saturated rings. The zero-order chi connectivity index (χ0) is 10.7. The number of rotatable bonds is 3. The number of pyridine rings is 1. The van der Waals surface area contributed by atoms with Gasteiger partial charge in [0.05, 0.1) is 22.2 Å². The highest BCUT2D eigenvalue weighted by molar-refractivity contribution is 9.10. The number of aliphatic hydroxyl groups is 1. The smallest absolute Gasteiger partial charge is 0.286 e. The second-order valence-corrected chi connectivity index (χ2v) is 3.38. The van der Waals surface area contributed by atoms with Gasteiger partial charge in [-0.25, -0.2) is 0 Å². The lowest BCUT2D eigenvalue weighted by atomic mass is 10.4. The number of nitrogens with zero attached hydrogens (tertiary/aromatic N) is 2. The van der Waals surface area contributed by atoms with Crippen molar-refractivity contribution in [2.75, 3.05) is 6.61 Å². The molecule has 1 aromatic rings. The molecule has 1 heterocycles. The Balaban J connectivity index is 3.28. The fraction of sp³-hybridized carbons (Fsp3) is 0.286. The Hall–Kier alpha value is -1.21. The lowest BCUT2D eigenvalue weighted by Gasteiger charge is -2.02. The minimum absolute atomic E-state index is 0.0408. The summed E-state index contributed by atoms with van der Waals surface area (Å²) in [6, 6.07) is 1.14. The van der Waals surface area contributed by atoms with Crippen LogP contribution in [0.3, 0.4) is 0 Å². The highest BCUT2D eigenvalue weighted by Gasteiger charge is 2.11. The molecular weight excluding hydrogens is 256 g/mol. The van der Waals surface area contributed by atoms with Crippen molar-refractivity contribution in [1.29, 1.82) is 0 Å². The van der Waals surface area contributed by atoms with Crippen molar-refractivity contribution in [1.82, 2.24) is 4.57 Å². The molecular formula is C7H7BrN2O4. The molecule has 0 aliphatic rings. The Morgan fingerprint density at radius 2 is 2.29 bits per heavy atom. The zero-order valence-corrected chi connectivity index (χ0v) is 8.60. The first-order chi connectivity index (χ1) is 6.56. The molecule has 0 aliphatic heterocycles. The largest absolute Gasteiger partial charge is 0.395 e. The first kappa shape index (κ1) is 10.9. The summed E-state index contributed by atoms with van der Waals surface area (Å²) in [6.07, 6.45) is 1.10. The fourth-order valence-corrected chi connectivity index (χ4v) is 1.42. The van der Waals surface area contributed by atoms with Gasteiger partial charge in [0.1, 0.15) is 0 Å². The maximum atomic E-state index is 11.3. The van der Waals surface area contributed by atoms with Crippen LogP contribution >= 0.6 is 15.9 Å². The molecule has 1 N–H and O–H groups in total. The van der Waals surface area contributed by atoms with E-state index in [9.17, 15) is 14.9 Å². The van der Waals surface area contributed by atoms with Crippen LogP contribution in [-0.2, 0) is 6.54 Å². The SMILES string of the molecule is O=c1c(Br)cc([N+](=O)[O-])cn1CCO. The number of hydrogen-bond acceptors (Lipinski definition) is 4. The molecule has 0 atom stereocenters. The van der Waals surface area contributed by atoms with Gasteiger partial charge in [-0.05, 0) is 15.9 Å². The third-order valence-electron chi connectivity index (χ3n) is 1.58. The Kier molecular flexibility index (Phi) is 3.37. The van der Waals surface area contributed by atoms with E-state index in [0.29, 0.717) is 0 Å². The predicted molar refractivity (Wildman–Crippen MR) is 52.1 cm³/mol. The molecule has 0 aliphatic carbocycles.